The molecule has 1 aromatic carbocycles. The van der Waals surface area contributed by atoms with Crippen molar-refractivity contribution >= 4 is 21.6 Å². The molecule has 0 amide bonds. The van der Waals surface area contributed by atoms with Gasteiger partial charge >= 0.3 is 0 Å². The smallest absolute Gasteiger partial charge is 0.262 e. The van der Waals surface area contributed by atoms with Crippen LogP contribution in [0.2, 0.25) is 0 Å². The van der Waals surface area contributed by atoms with Gasteiger partial charge in [0.15, 0.2) is 0 Å². The minimum atomic E-state index is -0.716. The summed E-state index contributed by atoms with van der Waals surface area (Å²) in [6.45, 7) is 6.51. The monoisotopic (exact) mass is 215 g/mol. The van der Waals surface area contributed by atoms with Gasteiger partial charge in [-0.3, -0.25) is 0 Å². The Balaban J connectivity index is 3.40. The van der Waals surface area contributed by atoms with Crippen LogP contribution in [-0.2, 0) is 0 Å². The first-order valence-corrected chi connectivity index (χ1v) is 3.50. The Morgan fingerprint density at radius 1 is 1.55 bits per heavy atom. The van der Waals surface area contributed by atoms with E-state index in [0.29, 0.717) is 4.47 Å². The van der Waals surface area contributed by atoms with E-state index in [9.17, 15) is 4.39 Å². The summed E-state index contributed by atoms with van der Waals surface area (Å²) in [5, 5.41) is 8.99. The largest absolute Gasteiger partial charge is 0.519 e. The molecule has 1 aromatic rings. The van der Waals surface area contributed by atoms with Gasteiger partial charge in [-0.2, -0.15) is 0 Å². The first-order valence-electron chi connectivity index (χ1n) is 2.70. The molecule has 0 saturated heterocycles. The van der Waals surface area contributed by atoms with Crippen LogP contribution in [0.1, 0.15) is 0 Å². The van der Waals surface area contributed by atoms with Gasteiger partial charge in [0.05, 0.1) is 6.57 Å². The number of phenolic OH excluding ortho intramolecular Hbond substituents is 1. The summed E-state index contributed by atoms with van der Waals surface area (Å²) in [5.41, 5.74) is -0.340. The number of hydrogen-bond donors (Lipinski definition) is 1. The molecule has 0 aliphatic carbocycles. The molecule has 0 spiro atoms. The number of aromatic hydroxyl groups is 1. The fourth-order valence-corrected chi connectivity index (χ4v) is 1.08. The van der Waals surface area contributed by atoms with Crippen molar-refractivity contribution in [1.82, 2.24) is 0 Å². The molecule has 0 radical (unpaired) electrons. The van der Waals surface area contributed by atoms with Crippen molar-refractivity contribution in [2.45, 2.75) is 0 Å². The molecule has 0 aromatic heterocycles. The van der Waals surface area contributed by atoms with Crippen LogP contribution in [0.4, 0.5) is 10.1 Å². The third-order valence-electron chi connectivity index (χ3n) is 1.12. The molecule has 1 N–H and O–H groups in total. The average molecular weight is 216 g/mol. The van der Waals surface area contributed by atoms with E-state index >= 15 is 0 Å². The van der Waals surface area contributed by atoms with Crippen molar-refractivity contribution in [2.24, 2.45) is 0 Å². The Kier molecular flexibility index (Phi) is 2.11. The molecule has 0 saturated carbocycles. The zero-order chi connectivity index (χ0) is 8.43. The summed E-state index contributed by atoms with van der Waals surface area (Å²) < 4.78 is 13.1. The lowest BCUT2D eigenvalue weighted by molar-refractivity contribution is 0.473. The van der Waals surface area contributed by atoms with E-state index in [1.54, 1.807) is 0 Å². The Labute approximate surface area is 71.2 Å². The van der Waals surface area contributed by atoms with Crippen molar-refractivity contribution in [3.63, 3.8) is 0 Å². The maximum absolute atomic E-state index is 12.7. The molecule has 0 heterocycles. The van der Waals surface area contributed by atoms with Crippen LogP contribution in [-0.4, -0.2) is 5.11 Å². The lowest BCUT2D eigenvalue weighted by atomic mass is 10.3. The van der Waals surface area contributed by atoms with Crippen LogP contribution in [0.15, 0.2) is 16.6 Å². The highest BCUT2D eigenvalue weighted by Crippen LogP contribution is 2.32. The Morgan fingerprint density at radius 3 is 2.64 bits per heavy atom. The van der Waals surface area contributed by atoms with Crippen molar-refractivity contribution < 1.29 is 9.50 Å². The minimum absolute atomic E-state index is 0.340. The number of benzene rings is 1. The van der Waals surface area contributed by atoms with Crippen LogP contribution in [0.3, 0.4) is 0 Å². The minimum Gasteiger partial charge on any atom is -0.519 e. The average Bonchev–Trinajstić information content (AvgIpc) is 1.85. The van der Waals surface area contributed by atoms with Crippen molar-refractivity contribution in [1.29, 1.82) is 0 Å². The van der Waals surface area contributed by atoms with Crippen LogP contribution >= 0.6 is 15.9 Å². The summed E-state index contributed by atoms with van der Waals surface area (Å²) in [6, 6.07) is 2.41. The van der Waals surface area contributed by atoms with Gasteiger partial charge in [-0.25, -0.2) is 9.24 Å². The standard InChI is InChI=1S/C7H3BrFNO/c1-10-7-5(9)2-4(8)3-6(7)11/h2-3,11H. The molecule has 0 unspecified atom stereocenters. The van der Waals surface area contributed by atoms with Gasteiger partial charge in [0, 0.05) is 4.47 Å². The lowest BCUT2D eigenvalue weighted by Crippen LogP contribution is -1.75. The van der Waals surface area contributed by atoms with Gasteiger partial charge in [0.25, 0.3) is 5.69 Å². The van der Waals surface area contributed by atoms with Crippen molar-refractivity contribution in [3.05, 3.63) is 33.8 Å². The van der Waals surface area contributed by atoms with Gasteiger partial charge in [-0.05, 0) is 12.1 Å². The van der Waals surface area contributed by atoms with E-state index in [0.717, 1.165) is 6.07 Å². The molecule has 0 fully saturated rings. The van der Waals surface area contributed by atoms with Crippen LogP contribution in [0.5, 0.6) is 5.75 Å². The first kappa shape index (κ1) is 8.02. The van der Waals surface area contributed by atoms with Gasteiger partial charge in [-0.1, -0.05) is 15.9 Å². The second-order valence-electron chi connectivity index (χ2n) is 1.87. The second kappa shape index (κ2) is 2.89. The summed E-state index contributed by atoms with van der Waals surface area (Å²) in [6.07, 6.45) is 0. The van der Waals surface area contributed by atoms with Crippen LogP contribution < -0.4 is 0 Å². The van der Waals surface area contributed by atoms with E-state index in [4.69, 9.17) is 11.7 Å². The fourth-order valence-electron chi connectivity index (χ4n) is 0.663. The van der Waals surface area contributed by atoms with Gasteiger partial charge in [0.2, 0.25) is 0 Å². The van der Waals surface area contributed by atoms with E-state index in [2.05, 4.69) is 20.8 Å². The third kappa shape index (κ3) is 1.49. The van der Waals surface area contributed by atoms with E-state index < -0.39 is 5.82 Å². The molecule has 1 rings (SSSR count). The molecule has 0 bridgehead atoms. The second-order valence-corrected chi connectivity index (χ2v) is 2.78. The van der Waals surface area contributed by atoms with Crippen LogP contribution in [0.25, 0.3) is 4.85 Å². The molecule has 0 aliphatic rings. The molecule has 0 atom stereocenters. The highest BCUT2D eigenvalue weighted by atomic mass is 79.9. The summed E-state index contributed by atoms with van der Waals surface area (Å²) >= 11 is 2.97. The Hall–Kier alpha value is -1.08. The van der Waals surface area contributed by atoms with Gasteiger partial charge < -0.3 is 5.11 Å². The van der Waals surface area contributed by atoms with E-state index in [1.165, 1.54) is 6.07 Å². The molecular formula is C7H3BrFNO. The molecular weight excluding hydrogens is 213 g/mol. The fraction of sp³-hybridized carbons (Fsp3) is 0. The topological polar surface area (TPSA) is 24.6 Å². The summed E-state index contributed by atoms with van der Waals surface area (Å²) in [4.78, 5) is 2.81. The molecule has 2 nitrogen and oxygen atoms in total. The lowest BCUT2D eigenvalue weighted by Gasteiger charge is -1.97. The number of phenols is 1. The molecule has 4 heteroatoms. The summed E-state index contributed by atoms with van der Waals surface area (Å²) in [7, 11) is 0. The predicted molar refractivity (Wildman–Crippen MR) is 42.0 cm³/mol. The zero-order valence-corrected chi connectivity index (χ0v) is 6.89. The molecule has 56 valence electrons. The zero-order valence-electron chi connectivity index (χ0n) is 5.31. The van der Waals surface area contributed by atoms with Gasteiger partial charge in [0.1, 0.15) is 11.6 Å². The predicted octanol–water partition coefficient (Wildman–Crippen LogP) is 2.84. The highest BCUT2D eigenvalue weighted by molar-refractivity contribution is 9.10. The first-order chi connectivity index (χ1) is 5.15. The van der Waals surface area contributed by atoms with Crippen molar-refractivity contribution in [2.75, 3.05) is 0 Å². The Bertz CT molecular complexity index is 309. The van der Waals surface area contributed by atoms with Gasteiger partial charge in [-0.15, -0.1) is 0 Å². The quantitative estimate of drug-likeness (QED) is 0.662. The molecule has 11 heavy (non-hydrogen) atoms. The Morgan fingerprint density at radius 2 is 2.18 bits per heavy atom. The highest BCUT2D eigenvalue weighted by Gasteiger charge is 2.08. The van der Waals surface area contributed by atoms with Crippen LogP contribution in [0, 0.1) is 12.4 Å². The van der Waals surface area contributed by atoms with E-state index in [-0.39, 0.29) is 11.4 Å². The maximum Gasteiger partial charge on any atom is 0.262 e. The number of halogens is 2. The maximum atomic E-state index is 12.7. The molecule has 0 aliphatic heterocycles. The van der Waals surface area contributed by atoms with Crippen molar-refractivity contribution in [3.8, 4) is 5.75 Å². The third-order valence-corrected chi connectivity index (χ3v) is 1.58. The van der Waals surface area contributed by atoms with E-state index in [1.807, 2.05) is 0 Å². The number of rotatable bonds is 0. The number of hydrogen-bond acceptors (Lipinski definition) is 1. The SMILES string of the molecule is [C-]#[N+]c1c(O)cc(Br)cc1F. The normalized spacial score (nSPS) is 9.18. The summed E-state index contributed by atoms with van der Waals surface area (Å²) in [5.74, 6) is -1.06. The number of nitrogens with zero attached hydrogens (tertiary/aromatic N) is 1.